The normalized spacial score (nSPS) is 12.5. The zero-order chi connectivity index (χ0) is 8.97. The molecule has 0 saturated heterocycles. The summed E-state index contributed by atoms with van der Waals surface area (Å²) in [5.41, 5.74) is 0.856. The van der Waals surface area contributed by atoms with E-state index in [-0.39, 0.29) is 6.10 Å². The maximum absolute atomic E-state index is 9.94. The first-order chi connectivity index (χ1) is 5.72. The van der Waals surface area contributed by atoms with Gasteiger partial charge in [-0.2, -0.15) is 5.10 Å². The number of carbonyl (C=O) groups excluding carboxylic acids is 1. The lowest BCUT2D eigenvalue weighted by Gasteiger charge is -2.06. The third kappa shape index (κ3) is 2.54. The van der Waals surface area contributed by atoms with Crippen LogP contribution in [0.3, 0.4) is 0 Å². The number of ether oxygens (including phenoxy) is 1. The molecule has 66 valence electrons. The number of carbonyl (C=O) groups is 1. The van der Waals surface area contributed by atoms with Crippen LogP contribution < -0.4 is 0 Å². The van der Waals surface area contributed by atoms with Gasteiger partial charge in [-0.1, -0.05) is 11.6 Å². The number of nitrogens with one attached hydrogen (secondary N) is 1. The maximum atomic E-state index is 9.94. The molecule has 1 aromatic heterocycles. The van der Waals surface area contributed by atoms with E-state index in [2.05, 4.69) is 14.9 Å². The van der Waals surface area contributed by atoms with Gasteiger partial charge in [0.1, 0.15) is 6.10 Å². The van der Waals surface area contributed by atoms with Gasteiger partial charge in [0.05, 0.1) is 0 Å². The Hall–Kier alpha value is -1.03. The van der Waals surface area contributed by atoms with E-state index in [0.717, 1.165) is 5.69 Å². The van der Waals surface area contributed by atoms with Crippen LogP contribution in [-0.4, -0.2) is 22.8 Å². The van der Waals surface area contributed by atoms with Crippen LogP contribution in [0.1, 0.15) is 12.6 Å². The molecule has 0 aliphatic rings. The summed E-state index contributed by atoms with van der Waals surface area (Å²) in [5.74, 6) is 0. The molecule has 1 heterocycles. The molecule has 0 aromatic carbocycles. The van der Waals surface area contributed by atoms with Crippen LogP contribution >= 0.6 is 11.6 Å². The van der Waals surface area contributed by atoms with Crippen molar-refractivity contribution >= 4 is 18.1 Å². The number of aromatic nitrogens is 2. The van der Waals surface area contributed by atoms with Crippen molar-refractivity contribution in [1.82, 2.24) is 10.2 Å². The van der Waals surface area contributed by atoms with Crippen molar-refractivity contribution in [3.63, 3.8) is 0 Å². The lowest BCUT2D eigenvalue weighted by molar-refractivity contribution is -0.132. The first-order valence-corrected chi connectivity index (χ1v) is 3.89. The average molecular weight is 189 g/mol. The summed E-state index contributed by atoms with van der Waals surface area (Å²) < 4.78 is 4.68. The number of nitrogens with zero attached hydrogens (tertiary/aromatic N) is 1. The van der Waals surface area contributed by atoms with Crippen molar-refractivity contribution in [2.45, 2.75) is 19.4 Å². The monoisotopic (exact) mass is 188 g/mol. The molecule has 0 saturated carbocycles. The van der Waals surface area contributed by atoms with E-state index in [1.165, 1.54) is 0 Å². The Kier molecular flexibility index (Phi) is 3.10. The third-order valence-corrected chi connectivity index (χ3v) is 1.59. The highest BCUT2D eigenvalue weighted by atomic mass is 35.5. The van der Waals surface area contributed by atoms with Crippen LogP contribution in [0.15, 0.2) is 6.07 Å². The summed E-state index contributed by atoms with van der Waals surface area (Å²) in [4.78, 5) is 9.94. The Morgan fingerprint density at radius 3 is 3.17 bits per heavy atom. The number of hydrogen-bond acceptors (Lipinski definition) is 3. The molecule has 0 amide bonds. The van der Waals surface area contributed by atoms with Crippen LogP contribution in [0.25, 0.3) is 0 Å². The molecule has 0 aliphatic carbocycles. The average Bonchev–Trinajstić information content (AvgIpc) is 2.36. The highest BCUT2D eigenvalue weighted by Crippen LogP contribution is 2.08. The zero-order valence-corrected chi connectivity index (χ0v) is 7.34. The molecule has 0 fully saturated rings. The van der Waals surface area contributed by atoms with Gasteiger partial charge in [-0.15, -0.1) is 0 Å². The van der Waals surface area contributed by atoms with Crippen LogP contribution in [0.4, 0.5) is 0 Å². The summed E-state index contributed by atoms with van der Waals surface area (Å²) in [6, 6.07) is 1.70. The topological polar surface area (TPSA) is 55.0 Å². The molecule has 4 nitrogen and oxygen atoms in total. The highest BCUT2D eigenvalue weighted by Gasteiger charge is 2.05. The first-order valence-electron chi connectivity index (χ1n) is 3.51. The molecule has 0 aliphatic heterocycles. The van der Waals surface area contributed by atoms with E-state index < -0.39 is 0 Å². The molecule has 1 atom stereocenters. The standard InChI is InChI=1S/C7H9ClN2O2/c1-5(12-4-11)2-6-3-7(8)10-9-6/h3-5H,2H2,1H3,(H,9,10). The Bertz CT molecular complexity index is 262. The molecule has 5 heteroatoms. The lowest BCUT2D eigenvalue weighted by Crippen LogP contribution is -2.10. The minimum absolute atomic E-state index is 0.154. The summed E-state index contributed by atoms with van der Waals surface area (Å²) in [5, 5.41) is 6.86. The largest absolute Gasteiger partial charge is 0.464 e. The fourth-order valence-electron chi connectivity index (χ4n) is 0.891. The predicted molar refractivity (Wildman–Crippen MR) is 43.9 cm³/mol. The predicted octanol–water partition coefficient (Wildman–Crippen LogP) is 1.17. The molecule has 0 radical (unpaired) electrons. The molecule has 1 rings (SSSR count). The minimum Gasteiger partial charge on any atom is -0.464 e. The van der Waals surface area contributed by atoms with E-state index in [4.69, 9.17) is 11.6 Å². The van der Waals surface area contributed by atoms with Gasteiger partial charge in [-0.25, -0.2) is 0 Å². The summed E-state index contributed by atoms with van der Waals surface area (Å²) in [7, 11) is 0. The Morgan fingerprint density at radius 2 is 2.67 bits per heavy atom. The summed E-state index contributed by atoms with van der Waals surface area (Å²) in [6.07, 6.45) is 0.442. The van der Waals surface area contributed by atoms with Gasteiger partial charge < -0.3 is 4.74 Å². The fraction of sp³-hybridized carbons (Fsp3) is 0.429. The molecular formula is C7H9ClN2O2. The number of H-pyrrole nitrogens is 1. The molecule has 0 spiro atoms. The third-order valence-electron chi connectivity index (χ3n) is 1.39. The second kappa shape index (κ2) is 4.11. The zero-order valence-electron chi connectivity index (χ0n) is 6.58. The fourth-order valence-corrected chi connectivity index (χ4v) is 1.06. The van der Waals surface area contributed by atoms with Crippen LogP contribution in [0, 0.1) is 0 Å². The van der Waals surface area contributed by atoms with Crippen molar-refractivity contribution < 1.29 is 9.53 Å². The number of rotatable bonds is 4. The van der Waals surface area contributed by atoms with Gasteiger partial charge in [0.15, 0.2) is 5.15 Å². The van der Waals surface area contributed by atoms with Crippen molar-refractivity contribution in [3.8, 4) is 0 Å². The molecule has 0 bridgehead atoms. The van der Waals surface area contributed by atoms with Crippen LogP contribution in [-0.2, 0) is 16.0 Å². The Morgan fingerprint density at radius 1 is 1.92 bits per heavy atom. The lowest BCUT2D eigenvalue weighted by atomic mass is 10.2. The molecule has 12 heavy (non-hydrogen) atoms. The second-order valence-electron chi connectivity index (χ2n) is 2.46. The van der Waals surface area contributed by atoms with E-state index in [1.54, 1.807) is 13.0 Å². The molecule has 1 aromatic rings. The molecular weight excluding hydrogens is 180 g/mol. The molecule has 1 unspecified atom stereocenters. The quantitative estimate of drug-likeness (QED) is 0.722. The van der Waals surface area contributed by atoms with E-state index in [0.29, 0.717) is 18.0 Å². The highest BCUT2D eigenvalue weighted by molar-refractivity contribution is 6.29. The van der Waals surface area contributed by atoms with Crippen molar-refractivity contribution in [1.29, 1.82) is 0 Å². The SMILES string of the molecule is CC(Cc1cc(Cl)n[nH]1)OC=O. The van der Waals surface area contributed by atoms with E-state index >= 15 is 0 Å². The van der Waals surface area contributed by atoms with Crippen molar-refractivity contribution in [2.24, 2.45) is 0 Å². The number of aromatic amines is 1. The van der Waals surface area contributed by atoms with Gasteiger partial charge in [-0.05, 0) is 13.0 Å². The van der Waals surface area contributed by atoms with Gasteiger partial charge >= 0.3 is 0 Å². The van der Waals surface area contributed by atoms with Crippen LogP contribution in [0.5, 0.6) is 0 Å². The number of halogens is 1. The van der Waals surface area contributed by atoms with Gasteiger partial charge in [0.25, 0.3) is 6.47 Å². The van der Waals surface area contributed by atoms with Gasteiger partial charge in [0, 0.05) is 12.1 Å². The molecule has 1 N–H and O–H groups in total. The smallest absolute Gasteiger partial charge is 0.293 e. The van der Waals surface area contributed by atoms with Gasteiger partial charge in [0.2, 0.25) is 0 Å². The van der Waals surface area contributed by atoms with Crippen molar-refractivity contribution in [3.05, 3.63) is 16.9 Å². The summed E-state index contributed by atoms with van der Waals surface area (Å²) in [6.45, 7) is 2.23. The summed E-state index contributed by atoms with van der Waals surface area (Å²) >= 11 is 5.57. The van der Waals surface area contributed by atoms with E-state index in [9.17, 15) is 4.79 Å². The minimum atomic E-state index is -0.154. The number of hydrogen-bond donors (Lipinski definition) is 1. The maximum Gasteiger partial charge on any atom is 0.293 e. The van der Waals surface area contributed by atoms with Gasteiger partial charge in [-0.3, -0.25) is 9.89 Å². The second-order valence-corrected chi connectivity index (χ2v) is 2.85. The Balaban J connectivity index is 2.46. The first kappa shape index (κ1) is 9.06. The Labute approximate surface area is 74.9 Å². The van der Waals surface area contributed by atoms with Crippen molar-refractivity contribution in [2.75, 3.05) is 0 Å². The van der Waals surface area contributed by atoms with E-state index in [1.807, 2.05) is 0 Å². The van der Waals surface area contributed by atoms with Crippen LogP contribution in [0.2, 0.25) is 5.15 Å².